The van der Waals surface area contributed by atoms with Gasteiger partial charge in [0, 0.05) is 19.2 Å². The maximum Gasteiger partial charge on any atom is 0.348 e. The van der Waals surface area contributed by atoms with Crippen LogP contribution in [0.3, 0.4) is 0 Å². The molecule has 7 nitrogen and oxygen atoms in total. The molecule has 0 radical (unpaired) electrons. The normalized spacial score (nSPS) is 18.7. The summed E-state index contributed by atoms with van der Waals surface area (Å²) < 4.78 is 37.2. The Bertz CT molecular complexity index is 660. The maximum atomic E-state index is 12.9. The minimum Gasteiger partial charge on any atom is -0.494 e. The van der Waals surface area contributed by atoms with Crippen molar-refractivity contribution in [3.05, 3.63) is 10.9 Å². The molecule has 10 heteroatoms. The number of rotatable bonds is 6. The molecule has 1 aromatic heterocycles. The van der Waals surface area contributed by atoms with Gasteiger partial charge in [0.25, 0.3) is 10.0 Å². The van der Waals surface area contributed by atoms with E-state index in [2.05, 4.69) is 10.1 Å². The predicted octanol–water partition coefficient (Wildman–Crippen LogP) is 1.59. The van der Waals surface area contributed by atoms with Crippen LogP contribution < -0.4 is 10.1 Å². The molecule has 0 aromatic carbocycles. The second kappa shape index (κ2) is 9.00. The number of carbonyl (C=O) groups excluding carboxylic acids is 1. The smallest absolute Gasteiger partial charge is 0.348 e. The third-order valence-corrected chi connectivity index (χ3v) is 7.28. The number of piperidine rings is 1. The molecule has 0 aliphatic carbocycles. The maximum absolute atomic E-state index is 12.9. The first-order valence-corrected chi connectivity index (χ1v) is 9.60. The van der Waals surface area contributed by atoms with Gasteiger partial charge in [0.05, 0.1) is 14.2 Å². The number of nitrogens with one attached hydrogen (secondary N) is 1. The zero-order chi connectivity index (χ0) is 17.0. The van der Waals surface area contributed by atoms with Gasteiger partial charge in [0.1, 0.15) is 4.88 Å². The lowest BCUT2D eigenvalue weighted by molar-refractivity contribution is 0.0606. The van der Waals surface area contributed by atoms with E-state index in [0.29, 0.717) is 13.1 Å². The van der Waals surface area contributed by atoms with Gasteiger partial charge < -0.3 is 14.8 Å². The van der Waals surface area contributed by atoms with Crippen LogP contribution in [0.1, 0.15) is 22.5 Å². The molecule has 1 unspecified atom stereocenters. The van der Waals surface area contributed by atoms with E-state index in [1.54, 1.807) is 0 Å². The Morgan fingerprint density at radius 1 is 1.46 bits per heavy atom. The van der Waals surface area contributed by atoms with Crippen LogP contribution in [0.15, 0.2) is 10.3 Å². The van der Waals surface area contributed by atoms with Gasteiger partial charge in [-0.05, 0) is 32.4 Å². The number of methoxy groups -OCH3 is 2. The van der Waals surface area contributed by atoms with Crippen molar-refractivity contribution in [2.75, 3.05) is 40.9 Å². The SMILES string of the molecule is CNCC1CCCN(S(=O)(=O)c2sc(C(=O)OC)cc2OC)C1.Cl. The Labute approximate surface area is 152 Å². The average Bonchev–Trinajstić information content (AvgIpc) is 3.00. The third kappa shape index (κ3) is 4.40. The summed E-state index contributed by atoms with van der Waals surface area (Å²) in [7, 11) is 0.824. The summed E-state index contributed by atoms with van der Waals surface area (Å²) in [6.45, 7) is 1.73. The molecule has 1 aliphatic rings. The zero-order valence-corrected chi connectivity index (χ0v) is 16.4. The summed E-state index contributed by atoms with van der Waals surface area (Å²) in [5, 5.41) is 3.09. The van der Waals surface area contributed by atoms with Crippen LogP contribution in [0.5, 0.6) is 5.75 Å². The molecule has 2 rings (SSSR count). The van der Waals surface area contributed by atoms with Crippen LogP contribution in [0.4, 0.5) is 0 Å². The Kier molecular flexibility index (Phi) is 7.94. The van der Waals surface area contributed by atoms with Crippen molar-refractivity contribution in [1.82, 2.24) is 9.62 Å². The number of hydrogen-bond acceptors (Lipinski definition) is 7. The molecule has 0 bridgehead atoms. The van der Waals surface area contributed by atoms with Crippen LogP contribution in [-0.2, 0) is 14.8 Å². The number of thiophene rings is 1. The molecule has 1 fully saturated rings. The molecule has 24 heavy (non-hydrogen) atoms. The van der Waals surface area contributed by atoms with E-state index < -0.39 is 16.0 Å². The summed E-state index contributed by atoms with van der Waals surface area (Å²) in [5.41, 5.74) is 0. The van der Waals surface area contributed by atoms with E-state index in [-0.39, 0.29) is 33.2 Å². The minimum atomic E-state index is -3.69. The summed E-state index contributed by atoms with van der Waals surface area (Å²) in [4.78, 5) is 11.9. The third-order valence-electron chi connectivity index (χ3n) is 3.82. The lowest BCUT2D eigenvalue weighted by atomic mass is 10.00. The fourth-order valence-electron chi connectivity index (χ4n) is 2.70. The Morgan fingerprint density at radius 2 is 2.17 bits per heavy atom. The number of ether oxygens (including phenoxy) is 2. The van der Waals surface area contributed by atoms with Gasteiger partial charge in [0.15, 0.2) is 9.96 Å². The lowest BCUT2D eigenvalue weighted by Crippen LogP contribution is -2.42. The Hall–Kier alpha value is -0.870. The van der Waals surface area contributed by atoms with Crippen molar-refractivity contribution in [2.24, 2.45) is 5.92 Å². The van der Waals surface area contributed by atoms with Gasteiger partial charge in [0.2, 0.25) is 0 Å². The number of esters is 1. The number of nitrogens with zero attached hydrogens (tertiary/aromatic N) is 1. The van der Waals surface area contributed by atoms with Crippen molar-refractivity contribution in [3.8, 4) is 5.75 Å². The molecule has 1 saturated heterocycles. The largest absolute Gasteiger partial charge is 0.494 e. The monoisotopic (exact) mass is 398 g/mol. The Morgan fingerprint density at radius 3 is 2.75 bits per heavy atom. The first-order valence-electron chi connectivity index (χ1n) is 7.35. The van der Waals surface area contributed by atoms with Gasteiger partial charge in [-0.2, -0.15) is 4.31 Å². The van der Waals surface area contributed by atoms with Gasteiger partial charge in [-0.25, -0.2) is 13.2 Å². The van der Waals surface area contributed by atoms with Crippen LogP contribution in [-0.4, -0.2) is 59.6 Å². The quantitative estimate of drug-likeness (QED) is 0.732. The number of sulfonamides is 1. The summed E-state index contributed by atoms with van der Waals surface area (Å²) in [5.74, 6) is -0.0952. The van der Waals surface area contributed by atoms with Crippen LogP contribution >= 0.6 is 23.7 Å². The molecule has 2 heterocycles. The van der Waals surface area contributed by atoms with Gasteiger partial charge in [-0.15, -0.1) is 23.7 Å². The summed E-state index contributed by atoms with van der Waals surface area (Å²) >= 11 is 0.887. The van der Waals surface area contributed by atoms with Crippen molar-refractivity contribution in [2.45, 2.75) is 17.1 Å². The molecule has 0 amide bonds. The molecule has 0 saturated carbocycles. The second-order valence-corrected chi connectivity index (χ2v) is 8.57. The van der Waals surface area contributed by atoms with Crippen LogP contribution in [0.2, 0.25) is 0 Å². The average molecular weight is 399 g/mol. The number of carbonyl (C=O) groups is 1. The first kappa shape index (κ1) is 21.2. The predicted molar refractivity (Wildman–Crippen MR) is 94.9 cm³/mol. The standard InChI is InChI=1S/C14H22N2O5S2.ClH/c1-15-8-10-5-4-6-16(9-10)23(18,19)14-11(20-2)7-12(22-14)13(17)21-3;/h7,10,15H,4-6,8-9H2,1-3H3;1H. The summed E-state index contributed by atoms with van der Waals surface area (Å²) in [6.07, 6.45) is 1.82. The van der Waals surface area contributed by atoms with Gasteiger partial charge in [-0.1, -0.05) is 0 Å². The van der Waals surface area contributed by atoms with Crippen molar-refractivity contribution < 1.29 is 22.7 Å². The molecule has 1 aliphatic heterocycles. The summed E-state index contributed by atoms with van der Waals surface area (Å²) in [6, 6.07) is 1.42. The topological polar surface area (TPSA) is 84.9 Å². The van der Waals surface area contributed by atoms with E-state index in [1.165, 1.54) is 24.6 Å². The minimum absolute atomic E-state index is 0. The fraction of sp³-hybridized carbons (Fsp3) is 0.643. The highest BCUT2D eigenvalue weighted by Gasteiger charge is 2.34. The molecular weight excluding hydrogens is 376 g/mol. The Balaban J connectivity index is 0.00000288. The fourth-order valence-corrected chi connectivity index (χ4v) is 5.89. The van der Waals surface area contributed by atoms with E-state index in [9.17, 15) is 13.2 Å². The molecule has 138 valence electrons. The van der Waals surface area contributed by atoms with Crippen LogP contribution in [0, 0.1) is 5.92 Å². The molecule has 1 aromatic rings. The number of halogens is 1. The van der Waals surface area contributed by atoms with E-state index in [4.69, 9.17) is 4.74 Å². The van der Waals surface area contributed by atoms with Gasteiger partial charge >= 0.3 is 5.97 Å². The van der Waals surface area contributed by atoms with Gasteiger partial charge in [-0.3, -0.25) is 0 Å². The lowest BCUT2D eigenvalue weighted by Gasteiger charge is -2.31. The molecular formula is C14H23ClN2O5S2. The van der Waals surface area contributed by atoms with Crippen LogP contribution in [0.25, 0.3) is 0 Å². The van der Waals surface area contributed by atoms with Crippen molar-refractivity contribution in [1.29, 1.82) is 0 Å². The first-order chi connectivity index (χ1) is 10.9. The highest BCUT2D eigenvalue weighted by Crippen LogP contribution is 2.37. The molecule has 1 atom stereocenters. The number of hydrogen-bond donors (Lipinski definition) is 1. The van der Waals surface area contributed by atoms with Crippen molar-refractivity contribution >= 4 is 39.7 Å². The highest BCUT2D eigenvalue weighted by atomic mass is 35.5. The highest BCUT2D eigenvalue weighted by molar-refractivity contribution is 7.91. The van der Waals surface area contributed by atoms with E-state index >= 15 is 0 Å². The zero-order valence-electron chi connectivity index (χ0n) is 13.9. The van der Waals surface area contributed by atoms with E-state index in [1.807, 2.05) is 7.05 Å². The van der Waals surface area contributed by atoms with E-state index in [0.717, 1.165) is 30.7 Å². The second-order valence-electron chi connectivity index (χ2n) is 5.39. The van der Waals surface area contributed by atoms with Crippen molar-refractivity contribution in [3.63, 3.8) is 0 Å². The molecule has 0 spiro atoms. The molecule has 1 N–H and O–H groups in total.